The average Bonchev–Trinajstić information content (AvgIpc) is 2.90. The van der Waals surface area contributed by atoms with E-state index >= 15 is 0 Å². The summed E-state index contributed by atoms with van der Waals surface area (Å²) in [6, 6.07) is 10.1. The van der Waals surface area contributed by atoms with E-state index in [1.165, 1.54) is 12.0 Å². The normalized spacial score (nSPS) is 10.9. The molecule has 0 saturated carbocycles. The second-order valence-corrected chi connectivity index (χ2v) is 5.45. The number of aromatic nitrogens is 2. The van der Waals surface area contributed by atoms with E-state index in [1.807, 2.05) is 31.2 Å². The minimum atomic E-state index is 0.827. The van der Waals surface area contributed by atoms with Crippen LogP contribution in [0.1, 0.15) is 11.3 Å². The molecule has 0 radical (unpaired) electrons. The predicted molar refractivity (Wildman–Crippen MR) is 82.9 cm³/mol. The zero-order chi connectivity index (χ0) is 13.9. The van der Waals surface area contributed by atoms with Crippen LogP contribution in [0.25, 0.3) is 11.1 Å². The van der Waals surface area contributed by atoms with Crippen LogP contribution in [0.5, 0.6) is 0 Å². The van der Waals surface area contributed by atoms with Crippen LogP contribution in [0.15, 0.2) is 45.6 Å². The van der Waals surface area contributed by atoms with E-state index in [-0.39, 0.29) is 0 Å². The molecule has 0 saturated heterocycles. The number of fused-ring (bicyclic) bond motifs is 1. The molecule has 1 N–H and O–H groups in total. The van der Waals surface area contributed by atoms with Crippen molar-refractivity contribution >= 4 is 32.8 Å². The molecular formula is C15H14BrN3O. The van der Waals surface area contributed by atoms with Crippen LogP contribution in [-0.4, -0.2) is 16.5 Å². The first-order chi connectivity index (χ1) is 9.72. The topological polar surface area (TPSA) is 51.0 Å². The fourth-order valence-corrected chi connectivity index (χ4v) is 2.25. The molecule has 0 aliphatic carbocycles. The highest BCUT2D eigenvalue weighted by atomic mass is 79.9. The molecule has 102 valence electrons. The molecule has 0 fully saturated rings. The number of anilines is 1. The number of hydrogen-bond acceptors (Lipinski definition) is 4. The maximum Gasteiger partial charge on any atom is 0.181 e. The first-order valence-electron chi connectivity index (χ1n) is 6.41. The van der Waals surface area contributed by atoms with Crippen LogP contribution in [0.4, 0.5) is 5.82 Å². The molecule has 0 unspecified atom stereocenters. The van der Waals surface area contributed by atoms with E-state index in [4.69, 9.17) is 4.42 Å². The number of aryl methyl sites for hydroxylation is 1. The van der Waals surface area contributed by atoms with Crippen molar-refractivity contribution in [2.24, 2.45) is 0 Å². The molecule has 2 aromatic heterocycles. The number of benzene rings is 1. The summed E-state index contributed by atoms with van der Waals surface area (Å²) in [5, 5.41) is 3.32. The first-order valence-corrected chi connectivity index (χ1v) is 7.21. The van der Waals surface area contributed by atoms with Gasteiger partial charge in [-0.15, -0.1) is 0 Å². The fourth-order valence-electron chi connectivity index (χ4n) is 2.03. The van der Waals surface area contributed by atoms with Gasteiger partial charge in [0.15, 0.2) is 12.0 Å². The zero-order valence-electron chi connectivity index (χ0n) is 11.1. The summed E-state index contributed by atoms with van der Waals surface area (Å²) in [5.41, 5.74) is 3.93. The Labute approximate surface area is 125 Å². The van der Waals surface area contributed by atoms with Crippen molar-refractivity contribution in [1.29, 1.82) is 0 Å². The molecule has 0 aliphatic heterocycles. The summed E-state index contributed by atoms with van der Waals surface area (Å²) >= 11 is 3.45. The highest BCUT2D eigenvalue weighted by Crippen LogP contribution is 2.17. The highest BCUT2D eigenvalue weighted by Gasteiger charge is 2.02. The molecule has 4 nitrogen and oxygen atoms in total. The van der Waals surface area contributed by atoms with E-state index in [0.29, 0.717) is 0 Å². The lowest BCUT2D eigenvalue weighted by atomic mass is 10.1. The second kappa shape index (κ2) is 5.63. The van der Waals surface area contributed by atoms with Crippen molar-refractivity contribution in [3.05, 3.63) is 52.5 Å². The van der Waals surface area contributed by atoms with Gasteiger partial charge in [-0.25, -0.2) is 9.97 Å². The van der Waals surface area contributed by atoms with Gasteiger partial charge in [-0.1, -0.05) is 6.07 Å². The maximum atomic E-state index is 5.30. The number of pyridine rings is 1. The summed E-state index contributed by atoms with van der Waals surface area (Å²) < 4.78 is 6.33. The molecule has 5 heteroatoms. The molecule has 0 bridgehead atoms. The SMILES string of the molecule is Cc1nc(NCCc2ccc3ncoc3c2)ccc1Br. The Bertz CT molecular complexity index is 739. The molecular weight excluding hydrogens is 318 g/mol. The minimum Gasteiger partial charge on any atom is -0.443 e. The van der Waals surface area contributed by atoms with Crippen LogP contribution in [0, 0.1) is 6.92 Å². The minimum absolute atomic E-state index is 0.827. The summed E-state index contributed by atoms with van der Waals surface area (Å²) in [6.07, 6.45) is 2.38. The summed E-state index contributed by atoms with van der Waals surface area (Å²) in [5.74, 6) is 0.895. The van der Waals surface area contributed by atoms with Gasteiger partial charge < -0.3 is 9.73 Å². The number of rotatable bonds is 4. The van der Waals surface area contributed by atoms with Crippen molar-refractivity contribution in [3.63, 3.8) is 0 Å². The zero-order valence-corrected chi connectivity index (χ0v) is 12.6. The largest absolute Gasteiger partial charge is 0.443 e. The van der Waals surface area contributed by atoms with Crippen LogP contribution >= 0.6 is 15.9 Å². The van der Waals surface area contributed by atoms with Gasteiger partial charge in [0.25, 0.3) is 0 Å². The molecule has 1 aromatic carbocycles. The second-order valence-electron chi connectivity index (χ2n) is 4.59. The van der Waals surface area contributed by atoms with Crippen molar-refractivity contribution in [1.82, 2.24) is 9.97 Å². The number of hydrogen-bond donors (Lipinski definition) is 1. The monoisotopic (exact) mass is 331 g/mol. The fraction of sp³-hybridized carbons (Fsp3) is 0.200. The third-order valence-corrected chi connectivity index (χ3v) is 3.97. The third-order valence-electron chi connectivity index (χ3n) is 3.14. The lowest BCUT2D eigenvalue weighted by molar-refractivity contribution is 0.601. The van der Waals surface area contributed by atoms with E-state index in [0.717, 1.165) is 40.0 Å². The molecule has 0 atom stereocenters. The van der Waals surface area contributed by atoms with Gasteiger partial charge in [-0.3, -0.25) is 0 Å². The van der Waals surface area contributed by atoms with Crippen molar-refractivity contribution < 1.29 is 4.42 Å². The van der Waals surface area contributed by atoms with Gasteiger partial charge in [0.1, 0.15) is 11.3 Å². The Morgan fingerprint density at radius 1 is 1.25 bits per heavy atom. The van der Waals surface area contributed by atoms with Crippen molar-refractivity contribution in [2.75, 3.05) is 11.9 Å². The molecule has 2 heterocycles. The third kappa shape index (κ3) is 2.82. The number of nitrogens with zero attached hydrogens (tertiary/aromatic N) is 2. The van der Waals surface area contributed by atoms with Gasteiger partial charge in [0, 0.05) is 11.0 Å². The highest BCUT2D eigenvalue weighted by molar-refractivity contribution is 9.10. The Kier molecular flexibility index (Phi) is 3.69. The van der Waals surface area contributed by atoms with E-state index in [1.54, 1.807) is 0 Å². The summed E-state index contributed by atoms with van der Waals surface area (Å²) in [4.78, 5) is 8.57. The molecule has 20 heavy (non-hydrogen) atoms. The van der Waals surface area contributed by atoms with Crippen LogP contribution < -0.4 is 5.32 Å². The van der Waals surface area contributed by atoms with E-state index < -0.39 is 0 Å². The van der Waals surface area contributed by atoms with E-state index in [9.17, 15) is 0 Å². The van der Waals surface area contributed by atoms with Gasteiger partial charge in [0.2, 0.25) is 0 Å². The summed E-state index contributed by atoms with van der Waals surface area (Å²) in [6.45, 7) is 2.81. The van der Waals surface area contributed by atoms with Gasteiger partial charge >= 0.3 is 0 Å². The average molecular weight is 332 g/mol. The summed E-state index contributed by atoms with van der Waals surface area (Å²) in [7, 11) is 0. The van der Waals surface area contributed by atoms with Crippen LogP contribution in [0.3, 0.4) is 0 Å². The standard InChI is InChI=1S/C15H14BrN3O/c1-10-12(16)3-5-15(19-10)17-7-6-11-2-4-13-14(8-11)20-9-18-13/h2-5,8-9H,6-7H2,1H3,(H,17,19). The lowest BCUT2D eigenvalue weighted by Gasteiger charge is -2.07. The number of halogens is 1. The molecule has 0 aliphatic rings. The number of oxazole rings is 1. The van der Waals surface area contributed by atoms with Gasteiger partial charge in [-0.05, 0) is 59.1 Å². The van der Waals surface area contributed by atoms with Gasteiger partial charge in [-0.2, -0.15) is 0 Å². The van der Waals surface area contributed by atoms with Crippen molar-refractivity contribution in [2.45, 2.75) is 13.3 Å². The smallest absolute Gasteiger partial charge is 0.181 e. The van der Waals surface area contributed by atoms with E-state index in [2.05, 4.69) is 37.3 Å². The van der Waals surface area contributed by atoms with Crippen LogP contribution in [-0.2, 0) is 6.42 Å². The molecule has 0 amide bonds. The first kappa shape index (κ1) is 13.1. The maximum absolute atomic E-state index is 5.30. The van der Waals surface area contributed by atoms with Crippen LogP contribution in [0.2, 0.25) is 0 Å². The Morgan fingerprint density at radius 3 is 3.00 bits per heavy atom. The predicted octanol–water partition coefficient (Wildman–Crippen LogP) is 3.95. The number of nitrogens with one attached hydrogen (secondary N) is 1. The lowest BCUT2D eigenvalue weighted by Crippen LogP contribution is -2.06. The Balaban J connectivity index is 1.62. The molecule has 0 spiro atoms. The quantitative estimate of drug-likeness (QED) is 0.786. The Morgan fingerprint density at radius 2 is 2.15 bits per heavy atom. The van der Waals surface area contributed by atoms with Crippen molar-refractivity contribution in [3.8, 4) is 0 Å². The molecule has 3 rings (SSSR count). The van der Waals surface area contributed by atoms with Gasteiger partial charge in [0.05, 0.1) is 5.69 Å². The molecule has 3 aromatic rings. The Hall–Kier alpha value is -1.88.